The van der Waals surface area contributed by atoms with Gasteiger partial charge in [-0.3, -0.25) is 9.69 Å². The Labute approximate surface area is 162 Å². The minimum atomic E-state index is -0.0904. The zero-order valence-corrected chi connectivity index (χ0v) is 16.6. The van der Waals surface area contributed by atoms with Crippen molar-refractivity contribution in [3.63, 3.8) is 0 Å². The minimum Gasteiger partial charge on any atom is -0.348 e. The van der Waals surface area contributed by atoms with Gasteiger partial charge in [0.05, 0.1) is 28.8 Å². The molecule has 0 saturated heterocycles. The van der Waals surface area contributed by atoms with Crippen molar-refractivity contribution in [3.8, 4) is 0 Å². The predicted molar refractivity (Wildman–Crippen MR) is 109 cm³/mol. The number of amides is 1. The Morgan fingerprint density at radius 3 is 2.73 bits per heavy atom. The Morgan fingerprint density at radius 1 is 1.23 bits per heavy atom. The number of likely N-dealkylation sites (N-methyl/N-ethyl adjacent to an activating group) is 1. The number of rotatable bonds is 6. The van der Waals surface area contributed by atoms with Gasteiger partial charge in [0, 0.05) is 5.02 Å². The molecule has 0 aliphatic rings. The Hall–Kier alpha value is -1.95. The van der Waals surface area contributed by atoms with E-state index < -0.39 is 0 Å². The van der Waals surface area contributed by atoms with Crippen LogP contribution in [0.1, 0.15) is 36.5 Å². The molecular formula is C20H22ClN3OS. The fourth-order valence-electron chi connectivity index (χ4n) is 2.77. The molecule has 0 aliphatic carbocycles. The summed E-state index contributed by atoms with van der Waals surface area (Å²) in [5, 5.41) is 4.72. The van der Waals surface area contributed by atoms with Crippen molar-refractivity contribution in [2.24, 2.45) is 0 Å². The first-order chi connectivity index (χ1) is 12.4. The van der Waals surface area contributed by atoms with Gasteiger partial charge in [-0.1, -0.05) is 35.9 Å². The van der Waals surface area contributed by atoms with Crippen molar-refractivity contribution in [1.82, 2.24) is 15.2 Å². The summed E-state index contributed by atoms with van der Waals surface area (Å²) < 4.78 is 1.17. The van der Waals surface area contributed by atoms with Crippen LogP contribution in [0.5, 0.6) is 0 Å². The molecular weight excluding hydrogens is 366 g/mol. The molecule has 2 aromatic carbocycles. The lowest BCUT2D eigenvalue weighted by Gasteiger charge is -2.23. The molecule has 136 valence electrons. The standard InChI is InChI=1S/C20H22ClN3OS/c1-13(15-7-6-8-16(21)11-15)22-19(25)12-24(3)14(2)20-23-17-9-4-5-10-18(17)26-20/h4-11,13-14H,12H2,1-3H3,(H,22,25)/t13-,14+/m1/s1. The maximum atomic E-state index is 12.4. The fourth-order valence-corrected chi connectivity index (χ4v) is 4.05. The summed E-state index contributed by atoms with van der Waals surface area (Å²) in [5.74, 6) is -0.0204. The summed E-state index contributed by atoms with van der Waals surface area (Å²) in [7, 11) is 1.94. The zero-order chi connectivity index (χ0) is 18.7. The van der Waals surface area contributed by atoms with Gasteiger partial charge < -0.3 is 5.32 Å². The number of thiazole rings is 1. The van der Waals surface area contributed by atoms with Crippen molar-refractivity contribution in [1.29, 1.82) is 0 Å². The third kappa shape index (κ3) is 4.41. The molecule has 3 rings (SSSR count). The molecule has 0 fully saturated rings. The van der Waals surface area contributed by atoms with E-state index in [9.17, 15) is 4.79 Å². The molecule has 1 heterocycles. The molecule has 0 bridgehead atoms. The molecule has 3 aromatic rings. The minimum absolute atomic E-state index is 0.0204. The number of nitrogens with one attached hydrogen (secondary N) is 1. The van der Waals surface area contributed by atoms with Crippen LogP contribution in [0.2, 0.25) is 5.02 Å². The summed E-state index contributed by atoms with van der Waals surface area (Å²) >= 11 is 7.70. The van der Waals surface area contributed by atoms with Crippen molar-refractivity contribution >= 4 is 39.1 Å². The van der Waals surface area contributed by atoms with E-state index in [2.05, 4.69) is 23.3 Å². The first-order valence-corrected chi connectivity index (χ1v) is 9.74. The van der Waals surface area contributed by atoms with Crippen LogP contribution in [-0.4, -0.2) is 29.4 Å². The van der Waals surface area contributed by atoms with Gasteiger partial charge in [0.25, 0.3) is 0 Å². The Bertz CT molecular complexity index is 878. The highest BCUT2D eigenvalue weighted by molar-refractivity contribution is 7.18. The number of hydrogen-bond donors (Lipinski definition) is 1. The second kappa shape index (κ2) is 8.16. The van der Waals surface area contributed by atoms with Gasteiger partial charge in [0.1, 0.15) is 5.01 Å². The highest BCUT2D eigenvalue weighted by Crippen LogP contribution is 2.28. The SMILES string of the molecule is C[C@@H](NC(=O)CN(C)[C@@H](C)c1nc2ccccc2s1)c1cccc(Cl)c1. The number of halogens is 1. The molecule has 26 heavy (non-hydrogen) atoms. The van der Waals surface area contributed by atoms with Gasteiger partial charge in [-0.05, 0) is 50.7 Å². The van der Waals surface area contributed by atoms with Crippen LogP contribution in [0.15, 0.2) is 48.5 Å². The van der Waals surface area contributed by atoms with Crippen molar-refractivity contribution in [2.45, 2.75) is 25.9 Å². The molecule has 2 atom stereocenters. The van der Waals surface area contributed by atoms with E-state index in [0.717, 1.165) is 16.1 Å². The van der Waals surface area contributed by atoms with Gasteiger partial charge in [-0.25, -0.2) is 4.98 Å². The number of carbonyl (C=O) groups excluding carboxylic acids is 1. The van der Waals surface area contributed by atoms with E-state index in [0.29, 0.717) is 11.6 Å². The quantitative estimate of drug-likeness (QED) is 0.659. The lowest BCUT2D eigenvalue weighted by atomic mass is 10.1. The van der Waals surface area contributed by atoms with E-state index in [4.69, 9.17) is 11.6 Å². The van der Waals surface area contributed by atoms with Gasteiger partial charge in [-0.15, -0.1) is 11.3 Å². The van der Waals surface area contributed by atoms with Gasteiger partial charge in [-0.2, -0.15) is 0 Å². The lowest BCUT2D eigenvalue weighted by molar-refractivity contribution is -0.123. The van der Waals surface area contributed by atoms with E-state index in [-0.39, 0.29) is 18.0 Å². The summed E-state index contributed by atoms with van der Waals surface area (Å²) in [6.07, 6.45) is 0. The van der Waals surface area contributed by atoms with Crippen LogP contribution in [0.3, 0.4) is 0 Å². The highest BCUT2D eigenvalue weighted by Gasteiger charge is 2.19. The number of aromatic nitrogens is 1. The molecule has 0 spiro atoms. The van der Waals surface area contributed by atoms with Crippen molar-refractivity contribution in [3.05, 3.63) is 64.1 Å². The molecule has 0 aliphatic heterocycles. The topological polar surface area (TPSA) is 45.2 Å². The Morgan fingerprint density at radius 2 is 2.00 bits per heavy atom. The average Bonchev–Trinajstić information content (AvgIpc) is 3.04. The number of para-hydroxylation sites is 1. The van der Waals surface area contributed by atoms with E-state index in [1.807, 2.05) is 61.3 Å². The first kappa shape index (κ1) is 18.8. The number of hydrogen-bond acceptors (Lipinski definition) is 4. The Balaban J connectivity index is 1.61. The highest BCUT2D eigenvalue weighted by atomic mass is 35.5. The predicted octanol–water partition coefficient (Wildman–Crippen LogP) is 4.82. The molecule has 4 nitrogen and oxygen atoms in total. The average molecular weight is 388 g/mol. The van der Waals surface area contributed by atoms with E-state index in [1.165, 1.54) is 4.70 Å². The third-order valence-corrected chi connectivity index (χ3v) is 5.89. The number of nitrogens with zero attached hydrogens (tertiary/aromatic N) is 2. The number of fused-ring (bicyclic) bond motifs is 1. The summed E-state index contributed by atoms with van der Waals surface area (Å²) in [6.45, 7) is 4.34. The molecule has 0 saturated carbocycles. The smallest absolute Gasteiger partial charge is 0.234 e. The zero-order valence-electron chi connectivity index (χ0n) is 15.1. The van der Waals surface area contributed by atoms with Crippen molar-refractivity contribution in [2.75, 3.05) is 13.6 Å². The van der Waals surface area contributed by atoms with Crippen LogP contribution in [-0.2, 0) is 4.79 Å². The molecule has 0 unspecified atom stereocenters. The maximum absolute atomic E-state index is 12.4. The molecule has 6 heteroatoms. The summed E-state index contributed by atoms with van der Waals surface area (Å²) in [4.78, 5) is 19.1. The van der Waals surface area contributed by atoms with Crippen LogP contribution < -0.4 is 5.32 Å². The molecule has 0 radical (unpaired) electrons. The van der Waals surface area contributed by atoms with Crippen LogP contribution >= 0.6 is 22.9 Å². The molecule has 1 amide bonds. The second-order valence-corrected chi connectivity index (χ2v) is 7.95. The van der Waals surface area contributed by atoms with Gasteiger partial charge >= 0.3 is 0 Å². The van der Waals surface area contributed by atoms with Crippen LogP contribution in [0.4, 0.5) is 0 Å². The first-order valence-electron chi connectivity index (χ1n) is 8.54. The second-order valence-electron chi connectivity index (χ2n) is 6.46. The largest absolute Gasteiger partial charge is 0.348 e. The fraction of sp³-hybridized carbons (Fsp3) is 0.300. The summed E-state index contributed by atoms with van der Waals surface area (Å²) in [5.41, 5.74) is 2.00. The van der Waals surface area contributed by atoms with Gasteiger partial charge in [0.15, 0.2) is 0 Å². The van der Waals surface area contributed by atoms with Crippen LogP contribution in [0.25, 0.3) is 10.2 Å². The normalized spacial score (nSPS) is 13.7. The maximum Gasteiger partial charge on any atom is 0.234 e. The van der Waals surface area contributed by atoms with Crippen LogP contribution in [0, 0.1) is 0 Å². The molecule has 1 N–H and O–H groups in total. The lowest BCUT2D eigenvalue weighted by Crippen LogP contribution is -2.37. The number of carbonyl (C=O) groups is 1. The van der Waals surface area contributed by atoms with Gasteiger partial charge in [0.2, 0.25) is 5.91 Å². The molecule has 1 aromatic heterocycles. The van der Waals surface area contributed by atoms with Crippen molar-refractivity contribution < 1.29 is 4.79 Å². The van der Waals surface area contributed by atoms with E-state index in [1.54, 1.807) is 11.3 Å². The Kier molecular flexibility index (Phi) is 5.91. The number of benzene rings is 2. The summed E-state index contributed by atoms with van der Waals surface area (Å²) in [6, 6.07) is 15.6. The van der Waals surface area contributed by atoms with E-state index >= 15 is 0 Å². The third-order valence-electron chi connectivity index (χ3n) is 4.45. The monoisotopic (exact) mass is 387 g/mol.